The second kappa shape index (κ2) is 6.88. The van der Waals surface area contributed by atoms with Crippen molar-refractivity contribution in [1.82, 2.24) is 10.3 Å². The Kier molecular flexibility index (Phi) is 4.81. The number of pyridine rings is 1. The number of nitrogens with one attached hydrogen (secondary N) is 2. The van der Waals surface area contributed by atoms with Crippen LogP contribution in [0.5, 0.6) is 11.5 Å². The van der Waals surface area contributed by atoms with E-state index >= 15 is 0 Å². The van der Waals surface area contributed by atoms with Crippen LogP contribution in [0.3, 0.4) is 0 Å². The Morgan fingerprint density at radius 2 is 2.16 bits per heavy atom. The Hall–Kier alpha value is -2.34. The lowest BCUT2D eigenvalue weighted by Gasteiger charge is -2.38. The van der Waals surface area contributed by atoms with E-state index in [1.807, 2.05) is 18.2 Å². The highest BCUT2D eigenvalue weighted by Crippen LogP contribution is 2.39. The number of anilines is 1. The zero-order valence-corrected chi connectivity index (χ0v) is 15.7. The standard InChI is InChI=1S/C19H23N3O2S/c1-12-7-8-15-13(10-12)14(11-19(2,3)24-15)21-18(25)22-17-16(23-4)6-5-9-20-17/h5-10,14H,11H2,1-4H3,(H2,20,21,22,25). The zero-order valence-electron chi connectivity index (χ0n) is 14.9. The van der Waals surface area contributed by atoms with Gasteiger partial charge in [-0.15, -0.1) is 0 Å². The number of rotatable bonds is 3. The summed E-state index contributed by atoms with van der Waals surface area (Å²) in [4.78, 5) is 4.28. The fourth-order valence-electron chi connectivity index (χ4n) is 3.05. The molecule has 2 heterocycles. The molecule has 1 atom stereocenters. The highest BCUT2D eigenvalue weighted by molar-refractivity contribution is 7.80. The van der Waals surface area contributed by atoms with Gasteiger partial charge in [0.15, 0.2) is 16.7 Å². The summed E-state index contributed by atoms with van der Waals surface area (Å²) in [6.45, 7) is 6.25. The van der Waals surface area contributed by atoms with Crippen molar-refractivity contribution in [1.29, 1.82) is 0 Å². The number of methoxy groups -OCH3 is 1. The number of hydrogen-bond acceptors (Lipinski definition) is 4. The van der Waals surface area contributed by atoms with Crippen LogP contribution in [0, 0.1) is 6.92 Å². The number of fused-ring (bicyclic) bond motifs is 1. The van der Waals surface area contributed by atoms with E-state index in [4.69, 9.17) is 21.7 Å². The minimum absolute atomic E-state index is 0.0633. The van der Waals surface area contributed by atoms with Crippen LogP contribution < -0.4 is 20.1 Å². The van der Waals surface area contributed by atoms with Gasteiger partial charge in [0.1, 0.15) is 11.4 Å². The van der Waals surface area contributed by atoms with Crippen LogP contribution in [0.1, 0.15) is 37.4 Å². The molecule has 132 valence electrons. The van der Waals surface area contributed by atoms with Crippen molar-refractivity contribution in [2.24, 2.45) is 0 Å². The van der Waals surface area contributed by atoms with E-state index < -0.39 is 0 Å². The maximum atomic E-state index is 6.10. The predicted octanol–water partition coefficient (Wildman–Crippen LogP) is 3.99. The molecule has 2 N–H and O–H groups in total. The van der Waals surface area contributed by atoms with Gasteiger partial charge in [0.25, 0.3) is 0 Å². The van der Waals surface area contributed by atoms with E-state index in [1.54, 1.807) is 13.3 Å². The van der Waals surface area contributed by atoms with E-state index in [0.29, 0.717) is 16.7 Å². The third-order valence-corrected chi connectivity index (χ3v) is 4.37. The quantitative estimate of drug-likeness (QED) is 0.810. The van der Waals surface area contributed by atoms with Gasteiger partial charge in [-0.2, -0.15) is 0 Å². The lowest BCUT2D eigenvalue weighted by atomic mass is 9.89. The maximum Gasteiger partial charge on any atom is 0.174 e. The lowest BCUT2D eigenvalue weighted by Crippen LogP contribution is -2.42. The number of ether oxygens (including phenoxy) is 2. The summed E-state index contributed by atoms with van der Waals surface area (Å²) in [6, 6.07) is 9.96. The molecular formula is C19H23N3O2S. The number of benzene rings is 1. The molecule has 0 fully saturated rings. The third-order valence-electron chi connectivity index (χ3n) is 4.15. The highest BCUT2D eigenvalue weighted by atomic mass is 32.1. The van der Waals surface area contributed by atoms with Crippen molar-refractivity contribution >= 4 is 23.1 Å². The van der Waals surface area contributed by atoms with Crippen molar-refractivity contribution in [3.05, 3.63) is 47.7 Å². The second-order valence-corrected chi connectivity index (χ2v) is 7.22. The van der Waals surface area contributed by atoms with Gasteiger partial charge in [-0.05, 0) is 51.2 Å². The Balaban J connectivity index is 1.80. The van der Waals surface area contributed by atoms with E-state index in [-0.39, 0.29) is 11.6 Å². The van der Waals surface area contributed by atoms with Gasteiger partial charge in [0.05, 0.1) is 13.2 Å². The number of aromatic nitrogens is 1. The average molecular weight is 357 g/mol. The summed E-state index contributed by atoms with van der Waals surface area (Å²) in [5.41, 5.74) is 2.05. The number of aryl methyl sites for hydroxylation is 1. The van der Waals surface area contributed by atoms with Gasteiger partial charge in [-0.3, -0.25) is 0 Å². The minimum Gasteiger partial charge on any atom is -0.493 e. The molecule has 1 aromatic heterocycles. The first kappa shape index (κ1) is 17.5. The van der Waals surface area contributed by atoms with E-state index in [9.17, 15) is 0 Å². The Morgan fingerprint density at radius 3 is 2.92 bits per heavy atom. The summed E-state index contributed by atoms with van der Waals surface area (Å²) in [5.74, 6) is 2.14. The van der Waals surface area contributed by atoms with Gasteiger partial charge < -0.3 is 20.1 Å². The molecule has 6 heteroatoms. The molecule has 3 rings (SSSR count). The molecule has 0 bridgehead atoms. The Morgan fingerprint density at radius 1 is 1.36 bits per heavy atom. The van der Waals surface area contributed by atoms with Gasteiger partial charge in [-0.1, -0.05) is 17.7 Å². The van der Waals surface area contributed by atoms with Crippen molar-refractivity contribution in [2.45, 2.75) is 38.8 Å². The molecule has 0 amide bonds. The fourth-order valence-corrected chi connectivity index (χ4v) is 3.29. The van der Waals surface area contributed by atoms with Crippen LogP contribution in [-0.2, 0) is 0 Å². The van der Waals surface area contributed by atoms with Crippen LogP contribution >= 0.6 is 12.2 Å². The second-order valence-electron chi connectivity index (χ2n) is 6.81. The number of thiocarbonyl (C=S) groups is 1. The van der Waals surface area contributed by atoms with Gasteiger partial charge in [0, 0.05) is 18.2 Å². The van der Waals surface area contributed by atoms with Crippen molar-refractivity contribution in [3.63, 3.8) is 0 Å². The fraction of sp³-hybridized carbons (Fsp3) is 0.368. The maximum absolute atomic E-state index is 6.10. The molecule has 0 aliphatic carbocycles. The molecule has 2 aromatic rings. The number of nitrogens with zero attached hydrogens (tertiary/aromatic N) is 1. The summed E-state index contributed by atoms with van der Waals surface area (Å²) >= 11 is 5.50. The molecule has 1 aliphatic rings. The van der Waals surface area contributed by atoms with Crippen LogP contribution in [-0.4, -0.2) is 22.8 Å². The predicted molar refractivity (Wildman–Crippen MR) is 103 cm³/mol. The van der Waals surface area contributed by atoms with Gasteiger partial charge in [-0.25, -0.2) is 4.98 Å². The SMILES string of the molecule is COc1cccnc1NC(=S)NC1CC(C)(C)Oc2ccc(C)cc21. The number of hydrogen-bond donors (Lipinski definition) is 2. The van der Waals surface area contributed by atoms with Crippen LogP contribution in [0.15, 0.2) is 36.5 Å². The van der Waals surface area contributed by atoms with Crippen LogP contribution in [0.25, 0.3) is 0 Å². The van der Waals surface area contributed by atoms with Crippen molar-refractivity contribution in [3.8, 4) is 11.5 Å². The molecule has 0 spiro atoms. The van der Waals surface area contributed by atoms with Gasteiger partial charge in [0.2, 0.25) is 0 Å². The molecule has 0 saturated heterocycles. The van der Waals surface area contributed by atoms with E-state index in [1.165, 1.54) is 5.56 Å². The monoisotopic (exact) mass is 357 g/mol. The molecule has 25 heavy (non-hydrogen) atoms. The van der Waals surface area contributed by atoms with Crippen molar-refractivity contribution < 1.29 is 9.47 Å². The smallest absolute Gasteiger partial charge is 0.174 e. The zero-order chi connectivity index (χ0) is 18.0. The first-order valence-electron chi connectivity index (χ1n) is 8.24. The summed E-state index contributed by atoms with van der Waals surface area (Å²) in [7, 11) is 1.61. The Labute approximate surface area is 153 Å². The third kappa shape index (κ3) is 4.02. The molecule has 0 radical (unpaired) electrons. The largest absolute Gasteiger partial charge is 0.493 e. The topological polar surface area (TPSA) is 55.4 Å². The van der Waals surface area contributed by atoms with Crippen LogP contribution in [0.4, 0.5) is 5.82 Å². The first-order chi connectivity index (χ1) is 11.9. The molecular weight excluding hydrogens is 334 g/mol. The molecule has 1 aromatic carbocycles. The molecule has 1 aliphatic heterocycles. The van der Waals surface area contributed by atoms with Gasteiger partial charge >= 0.3 is 0 Å². The lowest BCUT2D eigenvalue weighted by molar-refractivity contribution is 0.0696. The van der Waals surface area contributed by atoms with Crippen LogP contribution in [0.2, 0.25) is 0 Å². The van der Waals surface area contributed by atoms with E-state index in [2.05, 4.69) is 48.5 Å². The molecule has 1 unspecified atom stereocenters. The Bertz CT molecular complexity index is 792. The molecule has 0 saturated carbocycles. The first-order valence-corrected chi connectivity index (χ1v) is 8.65. The summed E-state index contributed by atoms with van der Waals surface area (Å²) in [5, 5.41) is 7.03. The highest BCUT2D eigenvalue weighted by Gasteiger charge is 2.34. The summed E-state index contributed by atoms with van der Waals surface area (Å²) < 4.78 is 11.4. The van der Waals surface area contributed by atoms with Crippen molar-refractivity contribution in [2.75, 3.05) is 12.4 Å². The summed E-state index contributed by atoms with van der Waals surface area (Å²) in [6.07, 6.45) is 2.51. The minimum atomic E-state index is -0.266. The molecule has 5 nitrogen and oxygen atoms in total. The average Bonchev–Trinajstić information content (AvgIpc) is 2.55. The normalized spacial score (nSPS) is 17.8. The van der Waals surface area contributed by atoms with E-state index in [0.717, 1.165) is 17.7 Å².